The van der Waals surface area contributed by atoms with Crippen molar-refractivity contribution in [2.75, 3.05) is 0 Å². The molecule has 0 radical (unpaired) electrons. The SMILES string of the molecule is CCn1nc(C)c(Cl)c1CC(=O)c1c(C)cccc1C. The smallest absolute Gasteiger partial charge is 0.169 e. The fourth-order valence-corrected chi connectivity index (χ4v) is 2.73. The van der Waals surface area contributed by atoms with E-state index in [4.69, 9.17) is 11.6 Å². The molecule has 1 heterocycles. The summed E-state index contributed by atoms with van der Waals surface area (Å²) in [6.45, 7) is 8.49. The molecular weight excluding hydrogens is 272 g/mol. The maximum Gasteiger partial charge on any atom is 0.169 e. The van der Waals surface area contributed by atoms with Crippen molar-refractivity contribution < 1.29 is 4.79 Å². The number of hydrogen-bond acceptors (Lipinski definition) is 2. The summed E-state index contributed by atoms with van der Waals surface area (Å²) in [5.41, 5.74) is 4.39. The van der Waals surface area contributed by atoms with Gasteiger partial charge < -0.3 is 0 Å². The van der Waals surface area contributed by atoms with Crippen LogP contribution in [0.2, 0.25) is 5.02 Å². The van der Waals surface area contributed by atoms with Crippen molar-refractivity contribution in [2.45, 2.75) is 40.7 Å². The third-order valence-corrected chi connectivity index (χ3v) is 4.03. The zero-order chi connectivity index (χ0) is 14.9. The summed E-state index contributed by atoms with van der Waals surface area (Å²) in [6, 6.07) is 5.89. The van der Waals surface area contributed by atoms with Crippen molar-refractivity contribution in [2.24, 2.45) is 0 Å². The Balaban J connectivity index is 2.38. The lowest BCUT2D eigenvalue weighted by Crippen LogP contribution is -2.12. The van der Waals surface area contributed by atoms with Crippen LogP contribution in [-0.2, 0) is 13.0 Å². The first kappa shape index (κ1) is 14.8. The normalized spacial score (nSPS) is 10.8. The Hall–Kier alpha value is -1.61. The van der Waals surface area contributed by atoms with E-state index < -0.39 is 0 Å². The minimum absolute atomic E-state index is 0.0945. The molecule has 0 N–H and O–H groups in total. The highest BCUT2D eigenvalue weighted by atomic mass is 35.5. The van der Waals surface area contributed by atoms with Crippen molar-refractivity contribution in [1.29, 1.82) is 0 Å². The lowest BCUT2D eigenvalue weighted by Gasteiger charge is -2.10. The predicted octanol–water partition coefficient (Wildman–Crippen LogP) is 3.91. The van der Waals surface area contributed by atoms with Crippen molar-refractivity contribution in [3.8, 4) is 0 Å². The standard InChI is InChI=1S/C16H19ClN2O/c1-5-19-13(16(17)12(4)18-19)9-14(20)15-10(2)7-6-8-11(15)3/h6-8H,5,9H2,1-4H3. The Bertz CT molecular complexity index is 638. The Kier molecular flexibility index (Phi) is 4.29. The Morgan fingerprint density at radius 3 is 2.40 bits per heavy atom. The summed E-state index contributed by atoms with van der Waals surface area (Å²) in [7, 11) is 0. The van der Waals surface area contributed by atoms with E-state index in [9.17, 15) is 4.79 Å². The topological polar surface area (TPSA) is 34.9 Å². The second kappa shape index (κ2) is 5.80. The number of ketones is 1. The number of carbonyl (C=O) groups is 1. The van der Waals surface area contributed by atoms with E-state index in [1.165, 1.54) is 0 Å². The minimum Gasteiger partial charge on any atom is -0.294 e. The van der Waals surface area contributed by atoms with Crippen LogP contribution in [0.3, 0.4) is 0 Å². The molecule has 0 atom stereocenters. The van der Waals surface area contributed by atoms with Crippen LogP contribution < -0.4 is 0 Å². The lowest BCUT2D eigenvalue weighted by molar-refractivity contribution is 0.0989. The highest BCUT2D eigenvalue weighted by molar-refractivity contribution is 6.32. The second-order valence-electron chi connectivity index (χ2n) is 5.03. The molecule has 0 saturated heterocycles. The predicted molar refractivity (Wildman–Crippen MR) is 81.6 cm³/mol. The van der Waals surface area contributed by atoms with Gasteiger partial charge in [0.05, 0.1) is 22.8 Å². The van der Waals surface area contributed by atoms with Gasteiger partial charge in [0.25, 0.3) is 0 Å². The molecule has 0 spiro atoms. The highest BCUT2D eigenvalue weighted by Crippen LogP contribution is 2.23. The van der Waals surface area contributed by atoms with Crippen molar-refractivity contribution >= 4 is 17.4 Å². The molecule has 3 nitrogen and oxygen atoms in total. The van der Waals surface area contributed by atoms with Gasteiger partial charge in [-0.1, -0.05) is 29.8 Å². The average Bonchev–Trinajstić information content (AvgIpc) is 2.66. The van der Waals surface area contributed by atoms with Crippen LogP contribution in [-0.4, -0.2) is 15.6 Å². The molecule has 0 aliphatic carbocycles. The van der Waals surface area contributed by atoms with E-state index in [1.54, 1.807) is 0 Å². The summed E-state index contributed by atoms with van der Waals surface area (Å²) < 4.78 is 1.81. The molecule has 1 aromatic carbocycles. The molecule has 1 aromatic heterocycles. The summed E-state index contributed by atoms with van der Waals surface area (Å²) in [6.07, 6.45) is 0.291. The molecule has 2 rings (SSSR count). The number of rotatable bonds is 4. The number of nitrogens with zero attached hydrogens (tertiary/aromatic N) is 2. The third kappa shape index (κ3) is 2.63. The molecule has 0 unspecified atom stereocenters. The molecule has 106 valence electrons. The van der Waals surface area contributed by atoms with Crippen LogP contribution >= 0.6 is 11.6 Å². The summed E-state index contributed by atoms with van der Waals surface area (Å²) >= 11 is 6.27. The quantitative estimate of drug-likeness (QED) is 0.800. The van der Waals surface area contributed by atoms with Gasteiger partial charge in [0.1, 0.15) is 0 Å². The molecule has 4 heteroatoms. The van der Waals surface area contributed by atoms with Crippen molar-refractivity contribution in [3.63, 3.8) is 0 Å². The van der Waals surface area contributed by atoms with E-state index in [0.29, 0.717) is 18.0 Å². The van der Waals surface area contributed by atoms with Crippen LogP contribution in [0.1, 0.15) is 39.8 Å². The molecular formula is C16H19ClN2O. The summed E-state index contributed by atoms with van der Waals surface area (Å²) in [5, 5.41) is 4.96. The number of halogens is 1. The fourth-order valence-electron chi connectivity index (χ4n) is 2.53. The van der Waals surface area contributed by atoms with Gasteiger partial charge >= 0.3 is 0 Å². The number of benzene rings is 1. The molecule has 20 heavy (non-hydrogen) atoms. The lowest BCUT2D eigenvalue weighted by atomic mass is 9.96. The minimum atomic E-state index is 0.0945. The third-order valence-electron chi connectivity index (χ3n) is 3.54. The summed E-state index contributed by atoms with van der Waals surface area (Å²) in [4.78, 5) is 12.6. The van der Waals surface area contributed by atoms with E-state index in [2.05, 4.69) is 5.10 Å². The van der Waals surface area contributed by atoms with Gasteiger partial charge in [0.2, 0.25) is 0 Å². The first-order chi connectivity index (χ1) is 9.45. The van der Waals surface area contributed by atoms with Gasteiger partial charge in [-0.05, 0) is 38.8 Å². The maximum absolute atomic E-state index is 12.6. The Labute approximate surface area is 124 Å². The van der Waals surface area contributed by atoms with Gasteiger partial charge in [-0.15, -0.1) is 0 Å². The second-order valence-corrected chi connectivity index (χ2v) is 5.41. The molecule has 0 fully saturated rings. The number of Topliss-reactive ketones (excluding diaryl/α,β-unsaturated/α-hetero) is 1. The first-order valence-corrected chi connectivity index (χ1v) is 7.14. The fraction of sp³-hybridized carbons (Fsp3) is 0.375. The largest absolute Gasteiger partial charge is 0.294 e. The van der Waals surface area contributed by atoms with E-state index >= 15 is 0 Å². The van der Waals surface area contributed by atoms with Gasteiger partial charge in [-0.25, -0.2) is 0 Å². The molecule has 0 saturated carbocycles. The zero-order valence-corrected chi connectivity index (χ0v) is 13.1. The number of aryl methyl sites for hydroxylation is 4. The average molecular weight is 291 g/mol. The molecule has 0 aliphatic heterocycles. The van der Waals surface area contributed by atoms with Crippen LogP contribution in [0.15, 0.2) is 18.2 Å². The number of carbonyl (C=O) groups excluding carboxylic acids is 1. The highest BCUT2D eigenvalue weighted by Gasteiger charge is 2.19. The zero-order valence-electron chi connectivity index (χ0n) is 12.3. The van der Waals surface area contributed by atoms with E-state index in [1.807, 2.05) is 50.6 Å². The van der Waals surface area contributed by atoms with Crippen LogP contribution in [0.5, 0.6) is 0 Å². The van der Waals surface area contributed by atoms with Gasteiger partial charge in [-0.2, -0.15) is 5.10 Å². The first-order valence-electron chi connectivity index (χ1n) is 6.76. The van der Waals surface area contributed by atoms with Crippen LogP contribution in [0.4, 0.5) is 0 Å². The summed E-state index contributed by atoms with van der Waals surface area (Å²) in [5.74, 6) is 0.0945. The maximum atomic E-state index is 12.6. The van der Waals surface area contributed by atoms with E-state index in [-0.39, 0.29) is 5.78 Å². The van der Waals surface area contributed by atoms with E-state index in [0.717, 1.165) is 28.1 Å². The Morgan fingerprint density at radius 1 is 1.25 bits per heavy atom. The van der Waals surface area contributed by atoms with Gasteiger partial charge in [-0.3, -0.25) is 9.48 Å². The molecule has 0 aliphatic rings. The number of aromatic nitrogens is 2. The van der Waals surface area contributed by atoms with Gasteiger partial charge in [0.15, 0.2) is 5.78 Å². The number of hydrogen-bond donors (Lipinski definition) is 0. The Morgan fingerprint density at radius 2 is 1.85 bits per heavy atom. The molecule has 0 bridgehead atoms. The van der Waals surface area contributed by atoms with Crippen LogP contribution in [0, 0.1) is 20.8 Å². The van der Waals surface area contributed by atoms with Crippen LogP contribution in [0.25, 0.3) is 0 Å². The van der Waals surface area contributed by atoms with Crippen molar-refractivity contribution in [1.82, 2.24) is 9.78 Å². The molecule has 2 aromatic rings. The molecule has 0 amide bonds. The monoisotopic (exact) mass is 290 g/mol. The van der Waals surface area contributed by atoms with Crippen molar-refractivity contribution in [3.05, 3.63) is 51.3 Å². The van der Waals surface area contributed by atoms with Gasteiger partial charge in [0, 0.05) is 12.1 Å².